The van der Waals surface area contributed by atoms with Gasteiger partial charge in [0.05, 0.1) is 47.0 Å². The highest BCUT2D eigenvalue weighted by Crippen LogP contribution is 2.68. The fourth-order valence-electron chi connectivity index (χ4n) is 8.52. The average molecular weight is 497 g/mol. The summed E-state index contributed by atoms with van der Waals surface area (Å²) in [6.07, 6.45) is 16.5. The third-order valence-electron chi connectivity index (χ3n) is 8.51. The van der Waals surface area contributed by atoms with Crippen LogP contribution in [-0.2, 0) is 0 Å². The van der Waals surface area contributed by atoms with Gasteiger partial charge < -0.3 is 15.7 Å². The number of aryl methyl sites for hydroxylation is 1. The van der Waals surface area contributed by atoms with Crippen LogP contribution in [0, 0.1) is 17.8 Å². The zero-order chi connectivity index (χ0) is 25.5. The minimum absolute atomic E-state index is 0.146. The summed E-state index contributed by atoms with van der Waals surface area (Å²) in [5, 5.41) is 18.6. The lowest BCUT2D eigenvalue weighted by Gasteiger charge is -2.68. The van der Waals surface area contributed by atoms with Gasteiger partial charge in [-0.2, -0.15) is 0 Å². The Kier molecular flexibility index (Phi) is 4.56. The van der Waals surface area contributed by atoms with Gasteiger partial charge in [-0.15, -0.1) is 0 Å². The number of rotatable bonds is 5. The van der Waals surface area contributed by atoms with E-state index in [0.29, 0.717) is 5.95 Å². The molecule has 4 saturated carbocycles. The molecule has 0 spiro atoms. The van der Waals surface area contributed by atoms with Crippen molar-refractivity contribution in [3.05, 3.63) is 55.0 Å². The minimum Gasteiger partial charge on any atom is -0.390 e. The molecule has 4 aliphatic rings. The van der Waals surface area contributed by atoms with Crippen molar-refractivity contribution < 1.29 is 5.11 Å². The number of fused-ring (bicyclic) bond motifs is 1. The maximum Gasteiger partial charge on any atom is 0.223 e. The number of aliphatic hydroxyl groups is 1. The van der Waals surface area contributed by atoms with Crippen molar-refractivity contribution in [3.8, 4) is 11.4 Å². The van der Waals surface area contributed by atoms with E-state index >= 15 is 0 Å². The molecule has 4 fully saturated rings. The Morgan fingerprint density at radius 2 is 1.62 bits per heavy atom. The lowest BCUT2D eigenvalue weighted by Crippen LogP contribution is -2.67. The quantitative estimate of drug-likeness (QED) is 0.357. The molecule has 0 radical (unpaired) electrons. The summed E-state index contributed by atoms with van der Waals surface area (Å²) in [6.45, 7) is 6.71. The van der Waals surface area contributed by atoms with Crippen LogP contribution in [0.5, 0.6) is 0 Å². The van der Waals surface area contributed by atoms with Gasteiger partial charge in [0.1, 0.15) is 12.0 Å². The van der Waals surface area contributed by atoms with Crippen molar-refractivity contribution in [1.82, 2.24) is 29.3 Å². The van der Waals surface area contributed by atoms with E-state index < -0.39 is 5.60 Å². The average Bonchev–Trinajstić information content (AvgIpc) is 3.21. The largest absolute Gasteiger partial charge is 0.390 e. The molecule has 3 N–H and O–H groups in total. The Bertz CT molecular complexity index is 1460. The van der Waals surface area contributed by atoms with Crippen LogP contribution in [0.2, 0.25) is 0 Å². The van der Waals surface area contributed by atoms with Gasteiger partial charge in [-0.05, 0) is 74.0 Å². The number of hydrogen-bond acceptors (Lipinski definition) is 8. The van der Waals surface area contributed by atoms with Crippen molar-refractivity contribution in [2.45, 2.75) is 70.4 Å². The van der Waals surface area contributed by atoms with E-state index in [9.17, 15) is 5.11 Å². The topological polar surface area (TPSA) is 113 Å². The van der Waals surface area contributed by atoms with E-state index in [1.807, 2.05) is 42.0 Å². The normalized spacial score (nSPS) is 32.1. The first-order chi connectivity index (χ1) is 17.6. The Morgan fingerprint density at radius 1 is 0.865 bits per heavy atom. The second kappa shape index (κ2) is 7.47. The van der Waals surface area contributed by atoms with Crippen LogP contribution in [0.4, 0.5) is 17.3 Å². The predicted molar refractivity (Wildman–Crippen MR) is 141 cm³/mol. The summed E-state index contributed by atoms with van der Waals surface area (Å²) < 4.78 is 2.04. The lowest BCUT2D eigenvalue weighted by molar-refractivity contribution is -0.192. The number of anilines is 3. The Hall–Kier alpha value is -3.59. The second-order valence-electron chi connectivity index (χ2n) is 12.6. The van der Waals surface area contributed by atoms with E-state index in [0.717, 1.165) is 66.1 Å². The van der Waals surface area contributed by atoms with Crippen molar-refractivity contribution in [1.29, 1.82) is 0 Å². The monoisotopic (exact) mass is 496 g/mol. The van der Waals surface area contributed by atoms with Crippen molar-refractivity contribution in [3.63, 3.8) is 0 Å². The SMILES string of the molecule is Cc1cnc(NC23CC4(O)C[C@@](C)(C2)C[C@](C)(C4)C3)nc1-c1cnc2ccc(Nc3cncnc3)cn12. The molecular formula is C28H32N8O. The number of nitrogens with zero attached hydrogens (tertiary/aromatic N) is 6. The summed E-state index contributed by atoms with van der Waals surface area (Å²) >= 11 is 0. The molecule has 4 heterocycles. The molecule has 37 heavy (non-hydrogen) atoms. The van der Waals surface area contributed by atoms with E-state index in [4.69, 9.17) is 4.98 Å². The van der Waals surface area contributed by atoms with Gasteiger partial charge in [-0.25, -0.2) is 24.9 Å². The molecule has 0 amide bonds. The van der Waals surface area contributed by atoms with Gasteiger partial charge in [0.15, 0.2) is 0 Å². The minimum atomic E-state index is -0.604. The molecule has 4 aliphatic carbocycles. The van der Waals surface area contributed by atoms with Crippen LogP contribution >= 0.6 is 0 Å². The summed E-state index contributed by atoms with van der Waals surface area (Å²) in [6, 6.07) is 3.96. The Labute approximate surface area is 215 Å². The van der Waals surface area contributed by atoms with Gasteiger partial charge in [-0.1, -0.05) is 13.8 Å². The van der Waals surface area contributed by atoms with Crippen molar-refractivity contribution >= 4 is 23.0 Å². The standard InChI is InChI=1S/C28H32N8O/c1-18-6-32-24(35-27-12-25(2)11-26(3,13-27)15-28(37,14-25)16-27)34-23(18)21-9-31-22-5-4-19(10-36(21)22)33-20-7-29-17-30-8-20/h4-10,17,33,37H,11-16H2,1-3H3,(H,32,34,35)/t25-,26+,27?,28?. The number of aromatic nitrogens is 6. The number of imidazole rings is 1. The first kappa shape index (κ1) is 22.6. The molecule has 0 saturated heterocycles. The Morgan fingerprint density at radius 3 is 2.35 bits per heavy atom. The molecule has 4 atom stereocenters. The highest BCUT2D eigenvalue weighted by atomic mass is 16.3. The summed E-state index contributed by atoms with van der Waals surface area (Å²) in [5.74, 6) is 0.615. The fraction of sp³-hybridized carbons (Fsp3) is 0.464. The van der Waals surface area contributed by atoms with Crippen LogP contribution in [-0.4, -0.2) is 45.6 Å². The van der Waals surface area contributed by atoms with Crippen LogP contribution in [0.25, 0.3) is 17.0 Å². The van der Waals surface area contributed by atoms with Crippen molar-refractivity contribution in [2.75, 3.05) is 10.6 Å². The molecule has 9 heteroatoms. The first-order valence-electron chi connectivity index (χ1n) is 13.0. The number of nitrogens with one attached hydrogen (secondary N) is 2. The summed E-state index contributed by atoms with van der Waals surface area (Å²) in [7, 11) is 0. The molecule has 0 aromatic carbocycles. The molecule has 4 aromatic heterocycles. The smallest absolute Gasteiger partial charge is 0.223 e. The number of pyridine rings is 1. The third-order valence-corrected chi connectivity index (χ3v) is 8.51. The van der Waals surface area contributed by atoms with E-state index in [1.165, 1.54) is 12.7 Å². The molecule has 8 rings (SSSR count). The van der Waals surface area contributed by atoms with Crippen LogP contribution in [0.3, 0.4) is 0 Å². The summed E-state index contributed by atoms with van der Waals surface area (Å²) in [5.41, 5.74) is 4.76. The van der Waals surface area contributed by atoms with Gasteiger partial charge in [0, 0.05) is 17.9 Å². The van der Waals surface area contributed by atoms with Crippen LogP contribution in [0.1, 0.15) is 57.9 Å². The van der Waals surface area contributed by atoms with Gasteiger partial charge in [-0.3, -0.25) is 4.40 Å². The van der Waals surface area contributed by atoms with E-state index in [2.05, 4.69) is 44.4 Å². The van der Waals surface area contributed by atoms with Gasteiger partial charge >= 0.3 is 0 Å². The molecule has 9 nitrogen and oxygen atoms in total. The summed E-state index contributed by atoms with van der Waals surface area (Å²) in [4.78, 5) is 22.5. The zero-order valence-electron chi connectivity index (χ0n) is 21.5. The van der Waals surface area contributed by atoms with Crippen LogP contribution in [0.15, 0.2) is 49.4 Å². The lowest BCUT2D eigenvalue weighted by atomic mass is 9.41. The highest BCUT2D eigenvalue weighted by Gasteiger charge is 2.65. The maximum absolute atomic E-state index is 11.5. The molecule has 190 valence electrons. The molecule has 0 aliphatic heterocycles. The van der Waals surface area contributed by atoms with E-state index in [-0.39, 0.29) is 16.4 Å². The third kappa shape index (κ3) is 3.83. The van der Waals surface area contributed by atoms with E-state index in [1.54, 1.807) is 12.4 Å². The first-order valence-corrected chi connectivity index (χ1v) is 13.0. The van der Waals surface area contributed by atoms with Gasteiger partial charge in [0.25, 0.3) is 0 Å². The molecule has 4 bridgehead atoms. The highest BCUT2D eigenvalue weighted by molar-refractivity contribution is 5.67. The molecular weight excluding hydrogens is 464 g/mol. The van der Waals surface area contributed by atoms with Crippen LogP contribution < -0.4 is 10.6 Å². The second-order valence-corrected chi connectivity index (χ2v) is 12.6. The predicted octanol–water partition coefficient (Wildman–Crippen LogP) is 4.91. The van der Waals surface area contributed by atoms with Crippen molar-refractivity contribution in [2.24, 2.45) is 10.8 Å². The Balaban J connectivity index is 1.23. The molecule has 2 unspecified atom stereocenters. The maximum atomic E-state index is 11.5. The molecule has 4 aromatic rings. The fourth-order valence-corrected chi connectivity index (χ4v) is 8.52. The zero-order valence-corrected chi connectivity index (χ0v) is 21.5. The van der Waals surface area contributed by atoms with Gasteiger partial charge in [0.2, 0.25) is 5.95 Å². The number of hydrogen-bond donors (Lipinski definition) is 3.